The van der Waals surface area contributed by atoms with Gasteiger partial charge in [0.2, 0.25) is 0 Å². The normalized spacial score (nSPS) is 23.2. The smallest absolute Gasteiger partial charge is 0.252 e. The number of hydrogen-bond acceptors (Lipinski definition) is 3. The van der Waals surface area contributed by atoms with Crippen molar-refractivity contribution < 1.29 is 14.3 Å². The minimum Gasteiger partial charge on any atom is -0.393 e. The summed E-state index contributed by atoms with van der Waals surface area (Å²) >= 11 is 0. The molecule has 1 amide bonds. The second-order valence-electron chi connectivity index (χ2n) is 5.94. The number of halogens is 1. The zero-order valence-electron chi connectivity index (χ0n) is 12.6. The number of aliphatic hydroxyl groups is 1. The summed E-state index contributed by atoms with van der Waals surface area (Å²) in [6.45, 7) is 0. The predicted octanol–water partition coefficient (Wildman–Crippen LogP) is 1.30. The summed E-state index contributed by atoms with van der Waals surface area (Å²) in [5, 5.41) is 12.5. The van der Waals surface area contributed by atoms with Gasteiger partial charge in [0.1, 0.15) is 5.82 Å². The number of hydrogen-bond donors (Lipinski definition) is 2. The lowest BCUT2D eigenvalue weighted by Gasteiger charge is -2.46. The number of aliphatic hydroxyl groups excluding tert-OH is 1. The summed E-state index contributed by atoms with van der Waals surface area (Å²) in [6, 6.07) is 8.96. The van der Waals surface area contributed by atoms with Gasteiger partial charge >= 0.3 is 0 Å². The van der Waals surface area contributed by atoms with Crippen molar-refractivity contribution in [2.24, 2.45) is 7.05 Å². The molecule has 2 N–H and O–H groups in total. The van der Waals surface area contributed by atoms with Crippen molar-refractivity contribution in [3.63, 3.8) is 0 Å². The van der Waals surface area contributed by atoms with E-state index in [-0.39, 0.29) is 24.0 Å². The van der Waals surface area contributed by atoms with E-state index < -0.39 is 23.4 Å². The number of nitrogens with zero attached hydrogens (tertiary/aromatic N) is 1. The summed E-state index contributed by atoms with van der Waals surface area (Å²) in [6.07, 6.45) is 1.40. The molecule has 23 heavy (non-hydrogen) atoms. The lowest BCUT2D eigenvalue weighted by molar-refractivity contribution is -0.000607. The van der Waals surface area contributed by atoms with Gasteiger partial charge in [0.25, 0.3) is 11.5 Å². The van der Waals surface area contributed by atoms with Crippen molar-refractivity contribution in [3.05, 3.63) is 69.9 Å². The van der Waals surface area contributed by atoms with Gasteiger partial charge in [-0.1, -0.05) is 18.2 Å². The first kappa shape index (κ1) is 15.4. The highest BCUT2D eigenvalue weighted by Crippen LogP contribution is 2.42. The van der Waals surface area contributed by atoms with Gasteiger partial charge in [0.05, 0.1) is 11.6 Å². The Balaban J connectivity index is 1.91. The van der Waals surface area contributed by atoms with Crippen LogP contribution < -0.4 is 10.9 Å². The molecule has 0 atom stereocenters. The van der Waals surface area contributed by atoms with Gasteiger partial charge in [0, 0.05) is 43.3 Å². The van der Waals surface area contributed by atoms with Crippen LogP contribution in [0.1, 0.15) is 28.8 Å². The highest BCUT2D eigenvalue weighted by Gasteiger charge is 2.47. The van der Waals surface area contributed by atoms with Crippen molar-refractivity contribution in [1.29, 1.82) is 0 Å². The Labute approximate surface area is 132 Å². The van der Waals surface area contributed by atoms with Gasteiger partial charge in [-0.3, -0.25) is 9.59 Å². The van der Waals surface area contributed by atoms with Crippen LogP contribution in [0.3, 0.4) is 0 Å². The molecule has 1 aliphatic rings. The molecular formula is C17H17FN2O3. The molecule has 5 nitrogen and oxygen atoms in total. The molecule has 1 saturated carbocycles. The highest BCUT2D eigenvalue weighted by atomic mass is 19.1. The third-order valence-electron chi connectivity index (χ3n) is 4.28. The highest BCUT2D eigenvalue weighted by molar-refractivity contribution is 5.94. The fourth-order valence-electron chi connectivity index (χ4n) is 2.96. The molecule has 120 valence electrons. The Hall–Kier alpha value is -2.47. The summed E-state index contributed by atoms with van der Waals surface area (Å²) in [7, 11) is 1.59. The standard InChI is InChI=1S/C17H17FN2O3/c1-20-7-6-11(8-15(20)22)16(23)19-17(9-12(21)10-17)13-4-2-3-5-14(13)18/h2-8,12,21H,9-10H2,1H3,(H,19,23). The molecule has 0 radical (unpaired) electrons. The molecule has 0 unspecified atom stereocenters. The van der Waals surface area contributed by atoms with Gasteiger partial charge in [-0.2, -0.15) is 0 Å². The third kappa shape index (κ3) is 2.77. The fraction of sp³-hybridized carbons (Fsp3) is 0.294. The Morgan fingerprint density at radius 1 is 1.35 bits per heavy atom. The largest absolute Gasteiger partial charge is 0.393 e. The Morgan fingerprint density at radius 2 is 2.04 bits per heavy atom. The van der Waals surface area contributed by atoms with Gasteiger partial charge in [-0.15, -0.1) is 0 Å². The molecule has 0 spiro atoms. The molecule has 1 heterocycles. The van der Waals surface area contributed by atoms with Crippen molar-refractivity contribution in [2.45, 2.75) is 24.5 Å². The maximum atomic E-state index is 14.1. The van der Waals surface area contributed by atoms with Crippen LogP contribution in [0.4, 0.5) is 4.39 Å². The van der Waals surface area contributed by atoms with Crippen molar-refractivity contribution in [1.82, 2.24) is 9.88 Å². The second-order valence-corrected chi connectivity index (χ2v) is 5.94. The van der Waals surface area contributed by atoms with E-state index in [1.54, 1.807) is 25.2 Å². The minimum atomic E-state index is -0.942. The average Bonchev–Trinajstić information content (AvgIpc) is 2.48. The van der Waals surface area contributed by atoms with Crippen LogP contribution >= 0.6 is 0 Å². The first-order valence-electron chi connectivity index (χ1n) is 7.33. The SMILES string of the molecule is Cn1ccc(C(=O)NC2(c3ccccc3F)CC(O)C2)cc1=O. The Bertz CT molecular complexity index is 809. The molecule has 2 aromatic rings. The first-order valence-corrected chi connectivity index (χ1v) is 7.33. The van der Waals surface area contributed by atoms with E-state index in [4.69, 9.17) is 0 Å². The Morgan fingerprint density at radius 3 is 2.65 bits per heavy atom. The molecule has 1 fully saturated rings. The average molecular weight is 316 g/mol. The number of aromatic nitrogens is 1. The minimum absolute atomic E-state index is 0.213. The monoisotopic (exact) mass is 316 g/mol. The number of carbonyl (C=O) groups is 1. The van der Waals surface area contributed by atoms with Crippen LogP contribution in [0.25, 0.3) is 0 Å². The molecule has 1 aromatic heterocycles. The molecule has 1 aliphatic carbocycles. The quantitative estimate of drug-likeness (QED) is 0.897. The molecule has 6 heteroatoms. The summed E-state index contributed by atoms with van der Waals surface area (Å²) in [5.74, 6) is -0.887. The lowest BCUT2D eigenvalue weighted by Crippen LogP contribution is -2.57. The zero-order valence-corrected chi connectivity index (χ0v) is 12.6. The summed E-state index contributed by atoms with van der Waals surface area (Å²) < 4.78 is 15.5. The van der Waals surface area contributed by atoms with Crippen LogP contribution in [0.5, 0.6) is 0 Å². The molecule has 3 rings (SSSR count). The summed E-state index contributed by atoms with van der Waals surface area (Å²) in [5.41, 5.74) is -0.679. The zero-order chi connectivity index (χ0) is 16.6. The van der Waals surface area contributed by atoms with Crippen LogP contribution in [0.15, 0.2) is 47.4 Å². The van der Waals surface area contributed by atoms with Gasteiger partial charge in [-0.25, -0.2) is 4.39 Å². The van der Waals surface area contributed by atoms with E-state index in [9.17, 15) is 19.1 Å². The lowest BCUT2D eigenvalue weighted by atomic mass is 9.69. The van der Waals surface area contributed by atoms with Crippen LogP contribution in [-0.2, 0) is 12.6 Å². The van der Waals surface area contributed by atoms with Crippen molar-refractivity contribution in [3.8, 4) is 0 Å². The van der Waals surface area contributed by atoms with E-state index in [1.165, 1.54) is 29.0 Å². The van der Waals surface area contributed by atoms with Gasteiger partial charge in [0.15, 0.2) is 0 Å². The molecule has 0 aliphatic heterocycles. The van der Waals surface area contributed by atoms with E-state index in [1.807, 2.05) is 0 Å². The van der Waals surface area contributed by atoms with E-state index in [2.05, 4.69) is 5.32 Å². The van der Waals surface area contributed by atoms with E-state index in [0.717, 1.165) is 0 Å². The summed E-state index contributed by atoms with van der Waals surface area (Å²) in [4.78, 5) is 24.1. The number of rotatable bonds is 3. The number of nitrogens with one attached hydrogen (secondary N) is 1. The maximum Gasteiger partial charge on any atom is 0.252 e. The van der Waals surface area contributed by atoms with Gasteiger partial charge in [-0.05, 0) is 12.1 Å². The van der Waals surface area contributed by atoms with Crippen LogP contribution in [0, 0.1) is 5.82 Å². The van der Waals surface area contributed by atoms with Gasteiger partial charge < -0.3 is 15.0 Å². The Kier molecular flexibility index (Phi) is 3.77. The van der Waals surface area contributed by atoms with Crippen molar-refractivity contribution >= 4 is 5.91 Å². The van der Waals surface area contributed by atoms with E-state index >= 15 is 0 Å². The first-order chi connectivity index (χ1) is 10.9. The third-order valence-corrected chi connectivity index (χ3v) is 4.28. The molecule has 1 aromatic carbocycles. The van der Waals surface area contributed by atoms with Crippen molar-refractivity contribution in [2.75, 3.05) is 0 Å². The number of aryl methyl sites for hydroxylation is 1. The number of benzene rings is 1. The number of pyridine rings is 1. The predicted molar refractivity (Wildman–Crippen MR) is 82.5 cm³/mol. The number of carbonyl (C=O) groups excluding carboxylic acids is 1. The second kappa shape index (κ2) is 5.62. The fourth-order valence-corrected chi connectivity index (χ4v) is 2.96. The number of amides is 1. The maximum absolute atomic E-state index is 14.1. The van der Waals surface area contributed by atoms with E-state index in [0.29, 0.717) is 5.56 Å². The molecule has 0 saturated heterocycles. The molecular weight excluding hydrogens is 299 g/mol. The van der Waals surface area contributed by atoms with Crippen LogP contribution in [-0.4, -0.2) is 21.7 Å². The molecule has 0 bridgehead atoms. The van der Waals surface area contributed by atoms with Crippen LogP contribution in [0.2, 0.25) is 0 Å². The topological polar surface area (TPSA) is 71.3 Å².